The lowest BCUT2D eigenvalue weighted by molar-refractivity contribution is -0.121. The summed E-state index contributed by atoms with van der Waals surface area (Å²) in [6.45, 7) is 7.23. The molecule has 1 amide bonds. The first kappa shape index (κ1) is 21.5. The molecule has 0 spiro atoms. The minimum Gasteiger partial charge on any atom is -0.369 e. The molecule has 30 heavy (non-hydrogen) atoms. The molecular weight excluding hydrogens is 417 g/mol. The smallest absolute Gasteiger partial charge is 0.235 e. The van der Waals surface area contributed by atoms with Crippen molar-refractivity contribution in [3.8, 4) is 0 Å². The molecule has 1 unspecified atom stereocenters. The number of anilines is 2. The Morgan fingerprint density at radius 2 is 1.70 bits per heavy atom. The van der Waals surface area contributed by atoms with Crippen LogP contribution in [0.25, 0.3) is 0 Å². The minimum atomic E-state index is -0.360. The van der Waals surface area contributed by atoms with Crippen LogP contribution >= 0.6 is 23.2 Å². The Morgan fingerprint density at radius 1 is 1.00 bits per heavy atom. The maximum Gasteiger partial charge on any atom is 0.235 e. The number of carbonyl (C=O) groups excluding carboxylic acids is 1. The third kappa shape index (κ3) is 4.32. The topological polar surface area (TPSA) is 35.6 Å². The van der Waals surface area contributed by atoms with Gasteiger partial charge in [0.25, 0.3) is 0 Å². The normalized spacial score (nSPS) is 21.6. The van der Waals surface area contributed by atoms with Gasteiger partial charge in [-0.05, 0) is 55.6 Å². The lowest BCUT2D eigenvalue weighted by Gasteiger charge is -2.36. The summed E-state index contributed by atoms with van der Waals surface area (Å²) in [5.41, 5.74) is 2.90. The summed E-state index contributed by atoms with van der Waals surface area (Å²) < 4.78 is 0. The van der Waals surface area contributed by atoms with E-state index in [2.05, 4.69) is 28.1 Å². The molecule has 0 aromatic heterocycles. The molecule has 1 fully saturated rings. The lowest BCUT2D eigenvalue weighted by atomic mass is 9.75. The Hall–Kier alpha value is -1.75. The van der Waals surface area contributed by atoms with Crippen molar-refractivity contribution in [2.24, 2.45) is 0 Å². The van der Waals surface area contributed by atoms with E-state index in [1.54, 1.807) is 6.07 Å². The van der Waals surface area contributed by atoms with Crippen molar-refractivity contribution in [1.82, 2.24) is 4.90 Å². The second-order valence-corrected chi connectivity index (χ2v) is 9.22. The van der Waals surface area contributed by atoms with Crippen molar-refractivity contribution in [2.45, 2.75) is 38.0 Å². The van der Waals surface area contributed by atoms with Gasteiger partial charge in [-0.2, -0.15) is 0 Å². The van der Waals surface area contributed by atoms with Crippen LogP contribution in [0.1, 0.15) is 38.2 Å². The first-order chi connectivity index (χ1) is 14.5. The molecule has 160 valence electrons. The Kier molecular flexibility index (Phi) is 6.57. The van der Waals surface area contributed by atoms with Gasteiger partial charge in [-0.1, -0.05) is 54.7 Å². The van der Waals surface area contributed by atoms with Gasteiger partial charge < -0.3 is 10.2 Å². The highest BCUT2D eigenvalue weighted by Gasteiger charge is 2.44. The van der Waals surface area contributed by atoms with E-state index in [9.17, 15) is 4.79 Å². The van der Waals surface area contributed by atoms with Crippen LogP contribution in [0.15, 0.2) is 42.5 Å². The van der Waals surface area contributed by atoms with Gasteiger partial charge in [-0.15, -0.1) is 0 Å². The monoisotopic (exact) mass is 445 g/mol. The molecule has 1 saturated heterocycles. The van der Waals surface area contributed by atoms with Crippen LogP contribution in [0, 0.1) is 0 Å². The summed E-state index contributed by atoms with van der Waals surface area (Å²) in [5, 5.41) is 4.45. The number of fused-ring (bicyclic) bond motifs is 1. The van der Waals surface area contributed by atoms with Crippen molar-refractivity contribution < 1.29 is 4.79 Å². The fraction of sp³-hybridized carbons (Fsp3) is 0.458. The molecule has 1 N–H and O–H groups in total. The summed E-state index contributed by atoms with van der Waals surface area (Å²) in [4.78, 5) is 17.6. The highest BCUT2D eigenvalue weighted by molar-refractivity contribution is 6.35. The van der Waals surface area contributed by atoms with Crippen LogP contribution in [0.3, 0.4) is 0 Å². The van der Waals surface area contributed by atoms with Crippen LogP contribution in [0.5, 0.6) is 0 Å². The molecule has 4 rings (SSSR count). The van der Waals surface area contributed by atoms with E-state index < -0.39 is 0 Å². The van der Waals surface area contributed by atoms with Crippen molar-refractivity contribution >= 4 is 40.5 Å². The second-order valence-electron chi connectivity index (χ2n) is 8.35. The Labute approximate surface area is 189 Å². The van der Waals surface area contributed by atoms with Gasteiger partial charge in [0.15, 0.2) is 0 Å². The van der Waals surface area contributed by atoms with Crippen LogP contribution < -0.4 is 10.2 Å². The number of nitrogens with one attached hydrogen (secondary N) is 1. The fourth-order valence-corrected chi connectivity index (χ4v) is 5.38. The molecule has 0 aliphatic carbocycles. The van der Waals surface area contributed by atoms with E-state index in [-0.39, 0.29) is 11.3 Å². The Bertz CT molecular complexity index is 891. The number of carbonyl (C=O) groups is 1. The number of para-hydroxylation sites is 1. The summed E-state index contributed by atoms with van der Waals surface area (Å²) in [5.74, 6) is 0.167. The lowest BCUT2D eigenvalue weighted by Crippen LogP contribution is -2.46. The van der Waals surface area contributed by atoms with Gasteiger partial charge in [0.2, 0.25) is 5.91 Å². The van der Waals surface area contributed by atoms with Crippen LogP contribution in [0.4, 0.5) is 11.4 Å². The van der Waals surface area contributed by atoms with E-state index in [0.717, 1.165) is 69.8 Å². The number of rotatable bonds is 7. The average molecular weight is 446 g/mol. The van der Waals surface area contributed by atoms with Gasteiger partial charge >= 0.3 is 0 Å². The quantitative estimate of drug-likeness (QED) is 0.564. The largest absolute Gasteiger partial charge is 0.369 e. The molecule has 2 heterocycles. The highest BCUT2D eigenvalue weighted by Crippen LogP contribution is 2.43. The van der Waals surface area contributed by atoms with E-state index in [4.69, 9.17) is 23.2 Å². The summed E-state index contributed by atoms with van der Waals surface area (Å²) in [7, 11) is 0. The van der Waals surface area contributed by atoms with Gasteiger partial charge in [0.05, 0.1) is 5.41 Å². The number of nitrogens with zero attached hydrogens (tertiary/aromatic N) is 2. The van der Waals surface area contributed by atoms with Crippen molar-refractivity contribution in [1.29, 1.82) is 0 Å². The number of piperazine rings is 1. The Morgan fingerprint density at radius 3 is 2.40 bits per heavy atom. The number of amides is 1. The van der Waals surface area contributed by atoms with Crippen LogP contribution in [-0.2, 0) is 10.2 Å². The number of hydrogen-bond acceptors (Lipinski definition) is 3. The van der Waals surface area contributed by atoms with Gasteiger partial charge in [-0.3, -0.25) is 9.69 Å². The Balaban J connectivity index is 1.26. The summed E-state index contributed by atoms with van der Waals surface area (Å²) >= 11 is 12.3. The predicted octanol–water partition coefficient (Wildman–Crippen LogP) is 5.59. The predicted molar refractivity (Wildman–Crippen MR) is 126 cm³/mol. The molecule has 2 aliphatic rings. The highest BCUT2D eigenvalue weighted by atomic mass is 35.5. The van der Waals surface area contributed by atoms with Crippen molar-refractivity contribution in [2.75, 3.05) is 42.9 Å². The first-order valence-corrected chi connectivity index (χ1v) is 11.6. The number of unbranched alkanes of at least 4 members (excludes halogenated alkanes) is 1. The van der Waals surface area contributed by atoms with E-state index >= 15 is 0 Å². The zero-order chi connectivity index (χ0) is 21.1. The zero-order valence-corrected chi connectivity index (χ0v) is 19.0. The molecule has 2 aliphatic heterocycles. The molecule has 2 aromatic rings. The minimum absolute atomic E-state index is 0.167. The molecule has 6 heteroatoms. The third-order valence-electron chi connectivity index (χ3n) is 6.64. The van der Waals surface area contributed by atoms with E-state index in [1.807, 2.05) is 30.3 Å². The number of hydrogen-bond donors (Lipinski definition) is 1. The molecule has 2 aromatic carbocycles. The first-order valence-electron chi connectivity index (χ1n) is 10.9. The van der Waals surface area contributed by atoms with Gasteiger partial charge in [0.1, 0.15) is 0 Å². The molecular formula is C24H29Cl2N3O. The van der Waals surface area contributed by atoms with E-state index in [0.29, 0.717) is 10.0 Å². The second kappa shape index (κ2) is 9.17. The average Bonchev–Trinajstić information content (AvgIpc) is 3.02. The molecule has 0 bridgehead atoms. The molecule has 0 radical (unpaired) electrons. The zero-order valence-electron chi connectivity index (χ0n) is 17.5. The van der Waals surface area contributed by atoms with E-state index in [1.165, 1.54) is 5.56 Å². The summed E-state index contributed by atoms with van der Waals surface area (Å²) in [6, 6.07) is 13.9. The maximum absolute atomic E-state index is 12.8. The molecule has 0 saturated carbocycles. The third-order valence-corrected chi connectivity index (χ3v) is 7.08. The van der Waals surface area contributed by atoms with Crippen LogP contribution in [0.2, 0.25) is 10.0 Å². The molecule has 4 nitrogen and oxygen atoms in total. The fourth-order valence-electron chi connectivity index (χ4n) is 4.86. The summed E-state index contributed by atoms with van der Waals surface area (Å²) in [6.07, 6.45) is 3.92. The van der Waals surface area contributed by atoms with Crippen molar-refractivity contribution in [3.05, 3.63) is 58.1 Å². The standard InChI is InChI=1S/C24H29Cl2N3O/c1-2-24(21-7-3-4-8-22(21)27-23(24)30)9-5-6-10-28-11-13-29(14-12-28)20-16-18(25)15-19(26)17-20/h3-4,7-8,15-17H,2,5-6,9-14H2,1H3,(H,27,30). The maximum atomic E-state index is 12.8. The van der Waals surface area contributed by atoms with Gasteiger partial charge in [0, 0.05) is 47.6 Å². The molecule has 1 atom stereocenters. The van der Waals surface area contributed by atoms with Crippen LogP contribution in [-0.4, -0.2) is 43.5 Å². The van der Waals surface area contributed by atoms with Gasteiger partial charge in [-0.25, -0.2) is 0 Å². The number of benzene rings is 2. The SMILES string of the molecule is CCC1(CCCCN2CCN(c3cc(Cl)cc(Cl)c3)CC2)C(=O)Nc2ccccc21. The number of halogens is 2. The van der Waals surface area contributed by atoms with Crippen molar-refractivity contribution in [3.63, 3.8) is 0 Å².